The second kappa shape index (κ2) is 3.96. The van der Waals surface area contributed by atoms with E-state index in [2.05, 4.69) is 5.32 Å². The van der Waals surface area contributed by atoms with Gasteiger partial charge in [-0.05, 0) is 25.7 Å². The van der Waals surface area contributed by atoms with Crippen LogP contribution in [0.4, 0.5) is 13.2 Å². The van der Waals surface area contributed by atoms with E-state index in [0.29, 0.717) is 12.1 Å². The molecular formula is C13H14F3NO. The quantitative estimate of drug-likeness (QED) is 0.808. The van der Waals surface area contributed by atoms with Crippen molar-refractivity contribution in [1.82, 2.24) is 5.32 Å². The van der Waals surface area contributed by atoms with Crippen LogP contribution >= 0.6 is 0 Å². The van der Waals surface area contributed by atoms with Gasteiger partial charge >= 0.3 is 0 Å². The van der Waals surface area contributed by atoms with Gasteiger partial charge in [0.05, 0.1) is 11.2 Å². The molecule has 2 fully saturated rings. The third kappa shape index (κ3) is 1.82. The summed E-state index contributed by atoms with van der Waals surface area (Å²) >= 11 is 0. The van der Waals surface area contributed by atoms with E-state index in [4.69, 9.17) is 0 Å². The third-order valence-electron chi connectivity index (χ3n) is 3.98. The molecule has 2 nitrogen and oxygen atoms in total. The lowest BCUT2D eigenvalue weighted by Gasteiger charge is -2.37. The number of halogens is 3. The van der Waals surface area contributed by atoms with Crippen LogP contribution in [0.15, 0.2) is 12.1 Å². The van der Waals surface area contributed by atoms with Crippen molar-refractivity contribution in [3.8, 4) is 0 Å². The fourth-order valence-electron chi connectivity index (χ4n) is 3.31. The number of aliphatic hydroxyl groups is 1. The first-order valence-electron chi connectivity index (χ1n) is 6.11. The molecule has 5 heteroatoms. The molecule has 1 aromatic carbocycles. The maximum absolute atomic E-state index is 13.8. The monoisotopic (exact) mass is 257 g/mol. The summed E-state index contributed by atoms with van der Waals surface area (Å²) in [7, 11) is 0. The lowest BCUT2D eigenvalue weighted by atomic mass is 9.81. The molecule has 0 spiro atoms. The minimum absolute atomic E-state index is 0.0811. The highest BCUT2D eigenvalue weighted by Gasteiger charge is 2.46. The molecule has 0 aromatic heterocycles. The van der Waals surface area contributed by atoms with Gasteiger partial charge in [0.25, 0.3) is 0 Å². The summed E-state index contributed by atoms with van der Waals surface area (Å²) in [5.41, 5.74) is -1.92. The summed E-state index contributed by atoms with van der Waals surface area (Å²) in [4.78, 5) is 0. The molecule has 98 valence electrons. The summed E-state index contributed by atoms with van der Waals surface area (Å²) in [5.74, 6) is -2.97. The van der Waals surface area contributed by atoms with Crippen LogP contribution in [0.1, 0.15) is 31.2 Å². The molecule has 1 aromatic rings. The van der Waals surface area contributed by atoms with E-state index in [1.54, 1.807) is 0 Å². The van der Waals surface area contributed by atoms with Gasteiger partial charge in [0.1, 0.15) is 17.5 Å². The van der Waals surface area contributed by atoms with Crippen molar-refractivity contribution < 1.29 is 18.3 Å². The largest absolute Gasteiger partial charge is 0.385 e. The van der Waals surface area contributed by atoms with Crippen LogP contribution in [0.25, 0.3) is 0 Å². The first-order valence-corrected chi connectivity index (χ1v) is 6.11. The Hall–Kier alpha value is -1.07. The van der Waals surface area contributed by atoms with Gasteiger partial charge < -0.3 is 10.4 Å². The minimum Gasteiger partial charge on any atom is -0.385 e. The number of hydrogen-bond donors (Lipinski definition) is 2. The Kier molecular flexibility index (Phi) is 2.64. The molecule has 2 heterocycles. The van der Waals surface area contributed by atoms with Crippen LogP contribution in [-0.4, -0.2) is 17.2 Å². The van der Waals surface area contributed by atoms with E-state index < -0.39 is 23.1 Å². The van der Waals surface area contributed by atoms with Crippen molar-refractivity contribution in [2.24, 2.45) is 0 Å². The summed E-state index contributed by atoms with van der Waals surface area (Å²) in [6.45, 7) is 0. The van der Waals surface area contributed by atoms with Crippen molar-refractivity contribution in [1.29, 1.82) is 0 Å². The van der Waals surface area contributed by atoms with Gasteiger partial charge in [0.15, 0.2) is 0 Å². The number of fused-ring (bicyclic) bond motifs is 2. The Labute approximate surface area is 103 Å². The van der Waals surface area contributed by atoms with Gasteiger partial charge in [-0.15, -0.1) is 0 Å². The highest BCUT2D eigenvalue weighted by Crippen LogP contribution is 2.42. The van der Waals surface area contributed by atoms with E-state index in [-0.39, 0.29) is 30.5 Å². The fourth-order valence-corrected chi connectivity index (χ4v) is 3.31. The molecule has 0 amide bonds. The summed E-state index contributed by atoms with van der Waals surface area (Å²) < 4.78 is 40.4. The number of nitrogens with one attached hydrogen (secondary N) is 1. The number of benzene rings is 1. The summed E-state index contributed by atoms with van der Waals surface area (Å²) in [5, 5.41) is 13.8. The zero-order chi connectivity index (χ0) is 12.9. The van der Waals surface area contributed by atoms with Crippen LogP contribution < -0.4 is 5.32 Å². The Morgan fingerprint density at radius 2 is 1.56 bits per heavy atom. The maximum Gasteiger partial charge on any atom is 0.135 e. The molecule has 0 radical (unpaired) electrons. The average Bonchev–Trinajstić information content (AvgIpc) is 2.56. The van der Waals surface area contributed by atoms with Gasteiger partial charge in [0.2, 0.25) is 0 Å². The molecule has 2 saturated heterocycles. The summed E-state index contributed by atoms with van der Waals surface area (Å²) in [6, 6.07) is 1.41. The molecule has 0 aliphatic carbocycles. The van der Waals surface area contributed by atoms with Crippen molar-refractivity contribution in [2.45, 2.75) is 43.4 Å². The topological polar surface area (TPSA) is 32.3 Å². The highest BCUT2D eigenvalue weighted by molar-refractivity contribution is 5.29. The van der Waals surface area contributed by atoms with E-state index in [9.17, 15) is 18.3 Å². The second-order valence-corrected chi connectivity index (χ2v) is 5.32. The van der Waals surface area contributed by atoms with Crippen molar-refractivity contribution in [2.75, 3.05) is 0 Å². The minimum atomic E-state index is -1.53. The van der Waals surface area contributed by atoms with E-state index in [1.807, 2.05) is 0 Å². The average molecular weight is 257 g/mol. The van der Waals surface area contributed by atoms with Gasteiger partial charge in [-0.25, -0.2) is 13.2 Å². The van der Waals surface area contributed by atoms with E-state index in [1.165, 1.54) is 0 Å². The van der Waals surface area contributed by atoms with E-state index in [0.717, 1.165) is 12.8 Å². The van der Waals surface area contributed by atoms with Crippen LogP contribution in [-0.2, 0) is 5.60 Å². The molecule has 0 saturated carbocycles. The van der Waals surface area contributed by atoms with Gasteiger partial charge in [-0.3, -0.25) is 0 Å². The van der Waals surface area contributed by atoms with Gasteiger partial charge in [0, 0.05) is 24.2 Å². The fraction of sp³-hybridized carbons (Fsp3) is 0.538. The van der Waals surface area contributed by atoms with Gasteiger partial charge in [-0.2, -0.15) is 0 Å². The van der Waals surface area contributed by atoms with Crippen LogP contribution in [0.5, 0.6) is 0 Å². The van der Waals surface area contributed by atoms with Crippen LogP contribution in [0, 0.1) is 17.5 Å². The lowest BCUT2D eigenvalue weighted by Crippen LogP contribution is -2.47. The molecule has 2 atom stereocenters. The maximum atomic E-state index is 13.8. The third-order valence-corrected chi connectivity index (χ3v) is 3.98. The molecule has 18 heavy (non-hydrogen) atoms. The SMILES string of the molecule is OC1(c2c(F)cc(F)cc2F)CC2CCC(C1)N2. The Balaban J connectivity index is 2.04. The predicted octanol–water partition coefficient (Wildman–Crippen LogP) is 2.21. The van der Waals surface area contributed by atoms with Crippen molar-refractivity contribution in [3.63, 3.8) is 0 Å². The highest BCUT2D eigenvalue weighted by atomic mass is 19.1. The van der Waals surface area contributed by atoms with Gasteiger partial charge in [-0.1, -0.05) is 0 Å². The molecule has 3 rings (SSSR count). The Morgan fingerprint density at radius 3 is 2.06 bits per heavy atom. The molecule has 2 N–H and O–H groups in total. The standard InChI is InChI=1S/C13H14F3NO/c14-7-3-10(15)12(11(16)4-7)13(18)5-8-1-2-9(6-13)17-8/h3-4,8-9,17-18H,1-2,5-6H2. The zero-order valence-electron chi connectivity index (χ0n) is 9.72. The first-order chi connectivity index (χ1) is 8.48. The van der Waals surface area contributed by atoms with E-state index >= 15 is 0 Å². The molecule has 2 aliphatic heterocycles. The zero-order valence-corrected chi connectivity index (χ0v) is 9.72. The predicted molar refractivity (Wildman–Crippen MR) is 59.4 cm³/mol. The number of rotatable bonds is 1. The first kappa shape index (κ1) is 12.0. The normalized spacial score (nSPS) is 34.9. The molecule has 2 aliphatic rings. The van der Waals surface area contributed by atoms with Crippen molar-refractivity contribution in [3.05, 3.63) is 35.1 Å². The molecule has 2 unspecified atom stereocenters. The smallest absolute Gasteiger partial charge is 0.135 e. The summed E-state index contributed by atoms with van der Waals surface area (Å²) in [6.07, 6.45) is 2.33. The molecule has 2 bridgehead atoms. The van der Waals surface area contributed by atoms with Crippen LogP contribution in [0.2, 0.25) is 0 Å². The number of piperidine rings is 1. The number of hydrogen-bond acceptors (Lipinski definition) is 2. The van der Waals surface area contributed by atoms with Crippen molar-refractivity contribution >= 4 is 0 Å². The Bertz CT molecular complexity index is 456. The Morgan fingerprint density at radius 1 is 1.06 bits per heavy atom. The second-order valence-electron chi connectivity index (χ2n) is 5.32. The van der Waals surface area contributed by atoms with Crippen LogP contribution in [0.3, 0.4) is 0 Å². The molecular weight excluding hydrogens is 243 g/mol. The lowest BCUT2D eigenvalue weighted by molar-refractivity contribution is -0.0175.